The molecule has 0 amide bonds. The standard InChI is InChI=1S/C14H16O4/c1-3-10(2)8-9-18-14(17)12-7-5-4-6-11(12)13(15)16/h3-7H,8-9H2,1-2H3,(H,15,16). The summed E-state index contributed by atoms with van der Waals surface area (Å²) in [6.07, 6.45) is 2.59. The Bertz CT molecular complexity index is 474. The molecule has 0 fully saturated rings. The lowest BCUT2D eigenvalue weighted by atomic mass is 10.1. The molecule has 0 saturated heterocycles. The Hall–Kier alpha value is -2.10. The van der Waals surface area contributed by atoms with Gasteiger partial charge in [0.15, 0.2) is 0 Å². The van der Waals surface area contributed by atoms with Crippen LogP contribution in [0.2, 0.25) is 0 Å². The summed E-state index contributed by atoms with van der Waals surface area (Å²) in [5.41, 5.74) is 1.17. The molecule has 4 nitrogen and oxygen atoms in total. The number of carbonyl (C=O) groups is 2. The van der Waals surface area contributed by atoms with Crippen LogP contribution in [0, 0.1) is 0 Å². The maximum absolute atomic E-state index is 11.7. The van der Waals surface area contributed by atoms with Crippen molar-refractivity contribution in [1.82, 2.24) is 0 Å². The van der Waals surface area contributed by atoms with Gasteiger partial charge in [0.1, 0.15) is 0 Å². The molecule has 4 heteroatoms. The number of rotatable bonds is 5. The molecule has 0 atom stereocenters. The first-order valence-electron chi connectivity index (χ1n) is 5.67. The Morgan fingerprint density at radius 1 is 1.28 bits per heavy atom. The van der Waals surface area contributed by atoms with E-state index < -0.39 is 11.9 Å². The monoisotopic (exact) mass is 248 g/mol. The van der Waals surface area contributed by atoms with Crippen LogP contribution in [0.4, 0.5) is 0 Å². The number of carboxylic acid groups (broad SMARTS) is 1. The predicted molar refractivity (Wildman–Crippen MR) is 67.7 cm³/mol. The number of aromatic carboxylic acids is 1. The minimum atomic E-state index is -1.13. The average Bonchev–Trinajstić information content (AvgIpc) is 2.38. The van der Waals surface area contributed by atoms with Crippen LogP contribution in [0.5, 0.6) is 0 Å². The van der Waals surface area contributed by atoms with Crippen molar-refractivity contribution in [3.8, 4) is 0 Å². The van der Waals surface area contributed by atoms with Crippen molar-refractivity contribution >= 4 is 11.9 Å². The zero-order valence-corrected chi connectivity index (χ0v) is 10.5. The molecule has 0 unspecified atom stereocenters. The summed E-state index contributed by atoms with van der Waals surface area (Å²) in [5.74, 6) is -1.73. The van der Waals surface area contributed by atoms with Crippen molar-refractivity contribution in [2.45, 2.75) is 20.3 Å². The van der Waals surface area contributed by atoms with Crippen LogP contribution in [0.1, 0.15) is 41.0 Å². The Kier molecular flexibility index (Phi) is 5.11. The third-order valence-electron chi connectivity index (χ3n) is 2.60. The highest BCUT2D eigenvalue weighted by molar-refractivity contribution is 6.02. The lowest BCUT2D eigenvalue weighted by molar-refractivity contribution is 0.0498. The minimum Gasteiger partial charge on any atom is -0.478 e. The fraction of sp³-hybridized carbons (Fsp3) is 0.286. The molecule has 1 N–H and O–H groups in total. The Labute approximate surface area is 106 Å². The number of carboxylic acids is 1. The molecule has 1 aromatic rings. The molecular weight excluding hydrogens is 232 g/mol. The molecule has 0 aliphatic carbocycles. The first-order chi connectivity index (χ1) is 8.56. The number of ether oxygens (including phenoxy) is 1. The number of hydrogen-bond donors (Lipinski definition) is 1. The smallest absolute Gasteiger partial charge is 0.339 e. The molecule has 0 aromatic heterocycles. The molecule has 1 rings (SSSR count). The van der Waals surface area contributed by atoms with Crippen molar-refractivity contribution in [2.75, 3.05) is 6.61 Å². The fourth-order valence-corrected chi connectivity index (χ4v) is 1.37. The van der Waals surface area contributed by atoms with Gasteiger partial charge in [0, 0.05) is 6.42 Å². The number of allylic oxidation sites excluding steroid dienone is 1. The summed E-state index contributed by atoms with van der Waals surface area (Å²) in [6.45, 7) is 4.11. The van der Waals surface area contributed by atoms with E-state index in [1.165, 1.54) is 12.1 Å². The van der Waals surface area contributed by atoms with Gasteiger partial charge in [-0.25, -0.2) is 9.59 Å². The van der Waals surface area contributed by atoms with E-state index in [1.54, 1.807) is 12.1 Å². The normalized spacial score (nSPS) is 11.1. The van der Waals surface area contributed by atoms with Crippen molar-refractivity contribution in [3.63, 3.8) is 0 Å². The second-order valence-electron chi connectivity index (χ2n) is 3.87. The average molecular weight is 248 g/mol. The summed E-state index contributed by atoms with van der Waals surface area (Å²) >= 11 is 0. The van der Waals surface area contributed by atoms with Crippen LogP contribution in [-0.4, -0.2) is 23.7 Å². The summed E-state index contributed by atoms with van der Waals surface area (Å²) < 4.78 is 5.05. The van der Waals surface area contributed by atoms with Crippen LogP contribution in [0.3, 0.4) is 0 Å². The van der Waals surface area contributed by atoms with Crippen molar-refractivity contribution < 1.29 is 19.4 Å². The summed E-state index contributed by atoms with van der Waals surface area (Å²) in [5, 5.41) is 8.95. The van der Waals surface area contributed by atoms with Crippen LogP contribution in [0.15, 0.2) is 35.9 Å². The summed E-state index contributed by atoms with van der Waals surface area (Å²) in [4.78, 5) is 22.7. The third-order valence-corrected chi connectivity index (χ3v) is 2.60. The van der Waals surface area contributed by atoms with E-state index in [4.69, 9.17) is 9.84 Å². The van der Waals surface area contributed by atoms with Crippen molar-refractivity contribution in [1.29, 1.82) is 0 Å². The quantitative estimate of drug-likeness (QED) is 0.642. The highest BCUT2D eigenvalue weighted by Crippen LogP contribution is 2.11. The van der Waals surface area contributed by atoms with Gasteiger partial charge in [-0.15, -0.1) is 0 Å². The van der Waals surface area contributed by atoms with E-state index in [9.17, 15) is 9.59 Å². The zero-order chi connectivity index (χ0) is 13.5. The number of hydrogen-bond acceptors (Lipinski definition) is 3. The summed E-state index contributed by atoms with van der Waals surface area (Å²) in [7, 11) is 0. The van der Waals surface area contributed by atoms with E-state index in [1.807, 2.05) is 19.9 Å². The first-order valence-corrected chi connectivity index (χ1v) is 5.67. The predicted octanol–water partition coefficient (Wildman–Crippen LogP) is 2.90. The number of carbonyl (C=O) groups excluding carboxylic acids is 1. The van der Waals surface area contributed by atoms with Crippen LogP contribution in [0.25, 0.3) is 0 Å². The van der Waals surface area contributed by atoms with Crippen molar-refractivity contribution in [2.24, 2.45) is 0 Å². The van der Waals surface area contributed by atoms with Gasteiger partial charge in [-0.05, 0) is 26.0 Å². The van der Waals surface area contributed by atoms with Gasteiger partial charge in [-0.3, -0.25) is 0 Å². The van der Waals surface area contributed by atoms with Gasteiger partial charge in [0.05, 0.1) is 17.7 Å². The molecular formula is C14H16O4. The Morgan fingerprint density at radius 2 is 1.89 bits per heavy atom. The molecule has 0 bridgehead atoms. The van der Waals surface area contributed by atoms with Crippen LogP contribution in [-0.2, 0) is 4.74 Å². The zero-order valence-electron chi connectivity index (χ0n) is 10.5. The molecule has 0 spiro atoms. The highest BCUT2D eigenvalue weighted by Gasteiger charge is 2.16. The van der Waals surface area contributed by atoms with E-state index in [0.29, 0.717) is 6.42 Å². The maximum atomic E-state index is 11.7. The fourth-order valence-electron chi connectivity index (χ4n) is 1.37. The second-order valence-corrected chi connectivity index (χ2v) is 3.87. The molecule has 0 saturated carbocycles. The van der Waals surface area contributed by atoms with E-state index in [-0.39, 0.29) is 17.7 Å². The van der Waals surface area contributed by atoms with Crippen LogP contribution < -0.4 is 0 Å². The number of esters is 1. The third kappa shape index (κ3) is 3.73. The van der Waals surface area contributed by atoms with Gasteiger partial charge < -0.3 is 9.84 Å². The van der Waals surface area contributed by atoms with Gasteiger partial charge in [-0.2, -0.15) is 0 Å². The molecule has 0 aliphatic rings. The van der Waals surface area contributed by atoms with E-state index in [0.717, 1.165) is 5.57 Å². The SMILES string of the molecule is CC=C(C)CCOC(=O)c1ccccc1C(=O)O. The van der Waals surface area contributed by atoms with Crippen LogP contribution >= 0.6 is 0 Å². The Morgan fingerprint density at radius 3 is 2.44 bits per heavy atom. The minimum absolute atomic E-state index is 0.0368. The lowest BCUT2D eigenvalue weighted by Gasteiger charge is -2.07. The lowest BCUT2D eigenvalue weighted by Crippen LogP contribution is -2.12. The number of benzene rings is 1. The molecule has 0 aliphatic heterocycles. The topological polar surface area (TPSA) is 63.6 Å². The molecule has 0 heterocycles. The second kappa shape index (κ2) is 6.59. The van der Waals surface area contributed by atoms with Gasteiger partial charge in [0.25, 0.3) is 0 Å². The van der Waals surface area contributed by atoms with E-state index in [2.05, 4.69) is 0 Å². The van der Waals surface area contributed by atoms with E-state index >= 15 is 0 Å². The first kappa shape index (κ1) is 14.0. The molecule has 0 radical (unpaired) electrons. The van der Waals surface area contributed by atoms with Gasteiger partial charge in [0.2, 0.25) is 0 Å². The van der Waals surface area contributed by atoms with Crippen molar-refractivity contribution in [3.05, 3.63) is 47.0 Å². The Balaban J connectivity index is 2.70. The largest absolute Gasteiger partial charge is 0.478 e. The summed E-state index contributed by atoms with van der Waals surface area (Å²) in [6, 6.07) is 6.02. The van der Waals surface area contributed by atoms with Gasteiger partial charge >= 0.3 is 11.9 Å². The molecule has 96 valence electrons. The van der Waals surface area contributed by atoms with Gasteiger partial charge in [-0.1, -0.05) is 23.8 Å². The maximum Gasteiger partial charge on any atom is 0.339 e. The molecule has 18 heavy (non-hydrogen) atoms. The highest BCUT2D eigenvalue weighted by atomic mass is 16.5. The molecule has 1 aromatic carbocycles.